The highest BCUT2D eigenvalue weighted by atomic mass is 35.5. The van der Waals surface area contributed by atoms with Crippen molar-refractivity contribution in [2.24, 2.45) is 0 Å². The van der Waals surface area contributed by atoms with Crippen LogP contribution >= 0.6 is 46.1 Å². The zero-order valence-corrected chi connectivity index (χ0v) is 15.5. The maximum absolute atomic E-state index is 12.4. The lowest BCUT2D eigenvalue weighted by molar-refractivity contribution is 0.102. The minimum Gasteiger partial charge on any atom is -0.298 e. The Morgan fingerprint density at radius 3 is 2.38 bits per heavy atom. The van der Waals surface area contributed by atoms with E-state index in [9.17, 15) is 4.79 Å². The summed E-state index contributed by atoms with van der Waals surface area (Å²) in [6.07, 6.45) is 0. The Bertz CT molecular complexity index is 907. The van der Waals surface area contributed by atoms with E-state index in [4.69, 9.17) is 34.8 Å². The van der Waals surface area contributed by atoms with Gasteiger partial charge >= 0.3 is 0 Å². The molecule has 0 bridgehead atoms. The molecule has 0 fully saturated rings. The molecule has 7 heteroatoms. The molecule has 3 aromatic rings. The summed E-state index contributed by atoms with van der Waals surface area (Å²) in [4.78, 5) is 17.9. The lowest BCUT2D eigenvalue weighted by Crippen LogP contribution is -2.12. The first-order valence-electron chi connectivity index (χ1n) is 6.94. The number of hydrogen-bond donors (Lipinski definition) is 1. The molecule has 1 amide bonds. The zero-order valence-electron chi connectivity index (χ0n) is 12.4. The lowest BCUT2D eigenvalue weighted by Gasteiger charge is -2.04. The highest BCUT2D eigenvalue weighted by molar-refractivity contribution is 7.16. The van der Waals surface area contributed by atoms with Gasteiger partial charge in [-0.05, 0) is 37.3 Å². The molecule has 0 aliphatic rings. The number of anilines is 1. The smallest absolute Gasteiger partial charge is 0.258 e. The lowest BCUT2D eigenvalue weighted by atomic mass is 10.1. The van der Waals surface area contributed by atoms with E-state index in [1.165, 1.54) is 17.4 Å². The molecule has 0 atom stereocenters. The van der Waals surface area contributed by atoms with E-state index < -0.39 is 0 Å². The van der Waals surface area contributed by atoms with E-state index in [2.05, 4.69) is 10.3 Å². The molecular weight excluding hydrogens is 387 g/mol. The summed E-state index contributed by atoms with van der Waals surface area (Å²) in [6, 6.07) is 12.1. The summed E-state index contributed by atoms with van der Waals surface area (Å²) >= 11 is 19.2. The number of nitrogens with one attached hydrogen (secondary N) is 1. The molecule has 0 saturated heterocycles. The molecule has 1 aromatic heterocycles. The van der Waals surface area contributed by atoms with Crippen molar-refractivity contribution in [2.75, 3.05) is 5.32 Å². The van der Waals surface area contributed by atoms with Gasteiger partial charge in [-0.15, -0.1) is 11.3 Å². The van der Waals surface area contributed by atoms with Crippen molar-refractivity contribution < 1.29 is 4.79 Å². The van der Waals surface area contributed by atoms with Crippen LogP contribution in [0.5, 0.6) is 0 Å². The van der Waals surface area contributed by atoms with Gasteiger partial charge in [-0.2, -0.15) is 0 Å². The normalized spacial score (nSPS) is 10.7. The van der Waals surface area contributed by atoms with Crippen molar-refractivity contribution in [3.63, 3.8) is 0 Å². The number of carbonyl (C=O) groups is 1. The molecule has 0 saturated carbocycles. The number of aryl methyl sites for hydroxylation is 1. The molecule has 122 valence electrons. The van der Waals surface area contributed by atoms with Crippen LogP contribution < -0.4 is 5.32 Å². The van der Waals surface area contributed by atoms with Crippen molar-refractivity contribution in [2.45, 2.75) is 6.92 Å². The number of thiazole rings is 1. The Morgan fingerprint density at radius 2 is 1.71 bits per heavy atom. The molecule has 0 spiro atoms. The van der Waals surface area contributed by atoms with Gasteiger partial charge in [0.1, 0.15) is 0 Å². The summed E-state index contributed by atoms with van der Waals surface area (Å²) < 4.78 is 0. The third-order valence-electron chi connectivity index (χ3n) is 3.31. The molecule has 0 radical (unpaired) electrons. The Hall–Kier alpha value is -1.59. The second-order valence-electron chi connectivity index (χ2n) is 5.01. The molecule has 3 rings (SSSR count). The Balaban J connectivity index is 1.85. The monoisotopic (exact) mass is 396 g/mol. The van der Waals surface area contributed by atoms with E-state index in [1.54, 1.807) is 24.3 Å². The minimum atomic E-state index is -0.326. The second kappa shape index (κ2) is 7.11. The van der Waals surface area contributed by atoms with Crippen molar-refractivity contribution in [3.05, 3.63) is 68.0 Å². The molecule has 0 aliphatic heterocycles. The van der Waals surface area contributed by atoms with Crippen LogP contribution in [0, 0.1) is 6.92 Å². The van der Waals surface area contributed by atoms with Gasteiger partial charge in [0.15, 0.2) is 5.13 Å². The predicted molar refractivity (Wildman–Crippen MR) is 102 cm³/mol. The van der Waals surface area contributed by atoms with Gasteiger partial charge in [0, 0.05) is 20.5 Å². The number of carbonyl (C=O) groups excluding carboxylic acids is 1. The van der Waals surface area contributed by atoms with E-state index in [0.717, 1.165) is 16.1 Å². The van der Waals surface area contributed by atoms with Gasteiger partial charge in [0.25, 0.3) is 5.91 Å². The van der Waals surface area contributed by atoms with Crippen LogP contribution in [0.1, 0.15) is 15.2 Å². The van der Waals surface area contributed by atoms with Crippen LogP contribution in [0.3, 0.4) is 0 Å². The van der Waals surface area contributed by atoms with Crippen molar-refractivity contribution in [1.82, 2.24) is 4.98 Å². The molecule has 0 unspecified atom stereocenters. The van der Waals surface area contributed by atoms with Gasteiger partial charge in [0.05, 0.1) is 16.3 Å². The van der Waals surface area contributed by atoms with Crippen molar-refractivity contribution in [1.29, 1.82) is 0 Å². The standard InChI is InChI=1S/C17H11Cl3N2OS/c1-9-15(10-2-4-11(18)5-3-10)21-17(24-9)22-16(23)13-7-6-12(19)8-14(13)20/h2-8H,1H3,(H,21,22,23). The Labute approximate surface area is 158 Å². The van der Waals surface area contributed by atoms with E-state index in [0.29, 0.717) is 25.8 Å². The van der Waals surface area contributed by atoms with Crippen molar-refractivity contribution in [3.8, 4) is 11.3 Å². The van der Waals surface area contributed by atoms with Crippen LogP contribution in [0.15, 0.2) is 42.5 Å². The fourth-order valence-corrected chi connectivity index (χ4v) is 3.61. The maximum Gasteiger partial charge on any atom is 0.258 e. The largest absolute Gasteiger partial charge is 0.298 e. The van der Waals surface area contributed by atoms with E-state index >= 15 is 0 Å². The number of aromatic nitrogens is 1. The van der Waals surface area contributed by atoms with Crippen LogP contribution in [0.2, 0.25) is 15.1 Å². The number of halogens is 3. The average molecular weight is 398 g/mol. The Morgan fingerprint density at radius 1 is 1.04 bits per heavy atom. The first kappa shape index (κ1) is 17.2. The van der Waals surface area contributed by atoms with Gasteiger partial charge in [-0.1, -0.05) is 46.9 Å². The third kappa shape index (κ3) is 3.73. The number of amides is 1. The third-order valence-corrected chi connectivity index (χ3v) is 5.00. The summed E-state index contributed by atoms with van der Waals surface area (Å²) in [5.41, 5.74) is 2.11. The second-order valence-corrected chi connectivity index (χ2v) is 7.49. The van der Waals surface area contributed by atoms with Gasteiger partial charge in [-0.25, -0.2) is 4.98 Å². The highest BCUT2D eigenvalue weighted by Crippen LogP contribution is 2.31. The topological polar surface area (TPSA) is 42.0 Å². The Kier molecular flexibility index (Phi) is 5.11. The van der Waals surface area contributed by atoms with Crippen molar-refractivity contribution >= 4 is 57.2 Å². The van der Waals surface area contributed by atoms with Gasteiger partial charge < -0.3 is 0 Å². The predicted octanol–water partition coefficient (Wildman–Crippen LogP) is 6.33. The quantitative estimate of drug-likeness (QED) is 0.561. The first-order chi connectivity index (χ1) is 11.4. The first-order valence-corrected chi connectivity index (χ1v) is 8.89. The number of benzene rings is 2. The molecule has 0 aliphatic carbocycles. The van der Waals surface area contributed by atoms with Crippen LogP contribution in [0.25, 0.3) is 11.3 Å². The molecule has 24 heavy (non-hydrogen) atoms. The minimum absolute atomic E-state index is 0.297. The molecular formula is C17H11Cl3N2OS. The fraction of sp³-hybridized carbons (Fsp3) is 0.0588. The maximum atomic E-state index is 12.4. The SMILES string of the molecule is Cc1sc(NC(=O)c2ccc(Cl)cc2Cl)nc1-c1ccc(Cl)cc1. The van der Waals surface area contributed by atoms with Gasteiger partial charge in [0.2, 0.25) is 0 Å². The highest BCUT2D eigenvalue weighted by Gasteiger charge is 2.15. The number of rotatable bonds is 3. The summed E-state index contributed by atoms with van der Waals surface area (Å²) in [6.45, 7) is 1.95. The molecule has 1 heterocycles. The molecule has 1 N–H and O–H groups in total. The van der Waals surface area contributed by atoms with E-state index in [1.807, 2.05) is 19.1 Å². The average Bonchev–Trinajstić information content (AvgIpc) is 2.88. The zero-order chi connectivity index (χ0) is 17.3. The number of hydrogen-bond acceptors (Lipinski definition) is 3. The molecule has 3 nitrogen and oxygen atoms in total. The number of nitrogens with zero attached hydrogens (tertiary/aromatic N) is 1. The summed E-state index contributed by atoms with van der Waals surface area (Å²) in [7, 11) is 0. The van der Waals surface area contributed by atoms with Crippen LogP contribution in [0.4, 0.5) is 5.13 Å². The summed E-state index contributed by atoms with van der Waals surface area (Å²) in [5.74, 6) is -0.326. The van der Waals surface area contributed by atoms with Gasteiger partial charge in [-0.3, -0.25) is 10.1 Å². The van der Waals surface area contributed by atoms with Crippen LogP contribution in [-0.2, 0) is 0 Å². The fourth-order valence-electron chi connectivity index (χ4n) is 2.16. The van der Waals surface area contributed by atoms with E-state index in [-0.39, 0.29) is 5.91 Å². The van der Waals surface area contributed by atoms with Crippen LogP contribution in [-0.4, -0.2) is 10.9 Å². The summed E-state index contributed by atoms with van der Waals surface area (Å²) in [5, 5.41) is 4.72. The molecule has 2 aromatic carbocycles.